The zero-order valence-corrected chi connectivity index (χ0v) is 21.9. The third-order valence-electron chi connectivity index (χ3n) is 7.08. The minimum absolute atomic E-state index is 0.0946. The molecule has 0 saturated carbocycles. The van der Waals surface area contributed by atoms with E-state index in [4.69, 9.17) is 14.6 Å². The molecule has 2 aromatic carbocycles. The minimum atomic E-state index is -0.105. The van der Waals surface area contributed by atoms with Crippen LogP contribution in [0.4, 0.5) is 0 Å². The smallest absolute Gasteiger partial charge is 0.346 e. The van der Waals surface area contributed by atoms with Gasteiger partial charge in [0.1, 0.15) is 23.0 Å². The van der Waals surface area contributed by atoms with Crippen LogP contribution < -0.4 is 15.2 Å². The predicted molar refractivity (Wildman–Crippen MR) is 143 cm³/mol. The van der Waals surface area contributed by atoms with Gasteiger partial charge in [0.05, 0.1) is 26.5 Å². The van der Waals surface area contributed by atoms with Crippen LogP contribution in [0.25, 0.3) is 11.3 Å². The summed E-state index contributed by atoms with van der Waals surface area (Å²) in [6.45, 7) is 4.11. The Kier molecular flexibility index (Phi) is 7.30. The number of amides is 1. The number of carbonyl (C=O) groups is 1. The largest absolute Gasteiger partial charge is 0.497 e. The predicted octanol–water partition coefficient (Wildman–Crippen LogP) is 3.54. The lowest BCUT2D eigenvalue weighted by Crippen LogP contribution is -2.38. The molecule has 38 heavy (non-hydrogen) atoms. The number of rotatable bonds is 8. The van der Waals surface area contributed by atoms with Crippen molar-refractivity contribution in [3.05, 3.63) is 82.2 Å². The van der Waals surface area contributed by atoms with Crippen LogP contribution in [0.15, 0.2) is 59.4 Å². The van der Waals surface area contributed by atoms with Crippen molar-refractivity contribution in [1.82, 2.24) is 29.4 Å². The Morgan fingerprint density at radius 1 is 1.05 bits per heavy atom. The Bertz CT molecular complexity index is 1460. The number of H-pyrrole nitrogens is 1. The molecule has 198 valence electrons. The number of methoxy groups -OCH3 is 2. The van der Waals surface area contributed by atoms with Crippen LogP contribution in [0.3, 0.4) is 0 Å². The van der Waals surface area contributed by atoms with Crippen molar-refractivity contribution in [2.45, 2.75) is 38.8 Å². The molecule has 1 aliphatic rings. The van der Waals surface area contributed by atoms with Gasteiger partial charge in [-0.05, 0) is 49.6 Å². The molecule has 5 rings (SSSR count). The van der Waals surface area contributed by atoms with Gasteiger partial charge in [0.15, 0.2) is 0 Å². The standard InChI is InChI=1S/C28H32N6O4/c1-4-33-26(31-34(28(33)36)18-19-8-6-5-7-9-19)20-12-14-32(15-13-20)27(35)24-17-23(29-30-24)22-16-21(37-2)10-11-25(22)38-3/h5-11,16-17,20H,4,12-15,18H2,1-3H3,(H,29,30). The molecular weight excluding hydrogens is 484 g/mol. The molecule has 3 heterocycles. The van der Waals surface area contributed by atoms with Gasteiger partial charge in [-0.15, -0.1) is 0 Å². The highest BCUT2D eigenvalue weighted by molar-refractivity contribution is 5.93. The summed E-state index contributed by atoms with van der Waals surface area (Å²) in [7, 11) is 3.19. The number of likely N-dealkylation sites (tertiary alicyclic amines) is 1. The van der Waals surface area contributed by atoms with Crippen molar-refractivity contribution >= 4 is 5.91 Å². The van der Waals surface area contributed by atoms with Gasteiger partial charge in [0.25, 0.3) is 5.91 Å². The minimum Gasteiger partial charge on any atom is -0.497 e. The Morgan fingerprint density at radius 3 is 2.50 bits per heavy atom. The van der Waals surface area contributed by atoms with Gasteiger partial charge in [-0.2, -0.15) is 10.2 Å². The maximum atomic E-state index is 13.3. The van der Waals surface area contributed by atoms with E-state index in [1.54, 1.807) is 29.5 Å². The van der Waals surface area contributed by atoms with Crippen LogP contribution in [0.1, 0.15) is 47.6 Å². The van der Waals surface area contributed by atoms with Crippen molar-refractivity contribution in [2.24, 2.45) is 0 Å². The van der Waals surface area contributed by atoms with Crippen LogP contribution in [0, 0.1) is 0 Å². The zero-order chi connectivity index (χ0) is 26.6. The molecule has 1 aliphatic heterocycles. The molecule has 1 fully saturated rings. The second-order valence-corrected chi connectivity index (χ2v) is 9.33. The van der Waals surface area contributed by atoms with Gasteiger partial charge in [0, 0.05) is 31.1 Å². The number of nitrogens with one attached hydrogen (secondary N) is 1. The van der Waals surface area contributed by atoms with Crippen molar-refractivity contribution in [3.8, 4) is 22.8 Å². The molecule has 1 N–H and O–H groups in total. The molecule has 10 nitrogen and oxygen atoms in total. The summed E-state index contributed by atoms with van der Waals surface area (Å²) in [4.78, 5) is 28.1. The number of aromatic amines is 1. The van der Waals surface area contributed by atoms with Crippen LogP contribution in [0.5, 0.6) is 11.5 Å². The Labute approximate surface area is 220 Å². The average molecular weight is 517 g/mol. The number of ether oxygens (including phenoxy) is 2. The highest BCUT2D eigenvalue weighted by Crippen LogP contribution is 2.33. The maximum absolute atomic E-state index is 13.3. The number of nitrogens with zero attached hydrogens (tertiary/aromatic N) is 5. The quantitative estimate of drug-likeness (QED) is 0.384. The number of hydrogen-bond donors (Lipinski definition) is 1. The first kappa shape index (κ1) is 25.3. The van der Waals surface area contributed by atoms with Gasteiger partial charge in [-0.3, -0.25) is 14.5 Å². The summed E-state index contributed by atoms with van der Waals surface area (Å²) in [5, 5.41) is 12.0. The highest BCUT2D eigenvalue weighted by Gasteiger charge is 2.29. The first-order chi connectivity index (χ1) is 18.5. The Balaban J connectivity index is 1.28. The fourth-order valence-electron chi connectivity index (χ4n) is 5.01. The van der Waals surface area contributed by atoms with E-state index < -0.39 is 0 Å². The van der Waals surface area contributed by atoms with Crippen molar-refractivity contribution in [2.75, 3.05) is 27.3 Å². The van der Waals surface area contributed by atoms with E-state index in [1.165, 1.54) is 0 Å². The summed E-state index contributed by atoms with van der Waals surface area (Å²) in [6.07, 6.45) is 1.47. The second-order valence-electron chi connectivity index (χ2n) is 9.33. The summed E-state index contributed by atoms with van der Waals surface area (Å²) in [6, 6.07) is 17.1. The molecule has 1 saturated heterocycles. The molecule has 10 heteroatoms. The van der Waals surface area contributed by atoms with Gasteiger partial charge >= 0.3 is 5.69 Å². The van der Waals surface area contributed by atoms with E-state index in [-0.39, 0.29) is 17.5 Å². The third-order valence-corrected chi connectivity index (χ3v) is 7.08. The highest BCUT2D eigenvalue weighted by atomic mass is 16.5. The number of aromatic nitrogens is 5. The Morgan fingerprint density at radius 2 is 1.82 bits per heavy atom. The van der Waals surface area contributed by atoms with Crippen LogP contribution in [-0.4, -0.2) is 62.7 Å². The summed E-state index contributed by atoms with van der Waals surface area (Å²) in [5.74, 6) is 2.13. The monoisotopic (exact) mass is 516 g/mol. The molecule has 0 bridgehead atoms. The molecule has 0 unspecified atom stereocenters. The van der Waals surface area contributed by atoms with Crippen LogP contribution >= 0.6 is 0 Å². The van der Waals surface area contributed by atoms with Crippen LogP contribution in [0.2, 0.25) is 0 Å². The van der Waals surface area contributed by atoms with E-state index >= 15 is 0 Å². The lowest BCUT2D eigenvalue weighted by Gasteiger charge is -2.31. The van der Waals surface area contributed by atoms with E-state index in [9.17, 15) is 9.59 Å². The fourth-order valence-corrected chi connectivity index (χ4v) is 5.01. The summed E-state index contributed by atoms with van der Waals surface area (Å²) in [5.41, 5.74) is 2.70. The molecule has 0 aliphatic carbocycles. The van der Waals surface area contributed by atoms with Gasteiger partial charge in [-0.1, -0.05) is 30.3 Å². The van der Waals surface area contributed by atoms with E-state index in [0.29, 0.717) is 49.1 Å². The summed E-state index contributed by atoms with van der Waals surface area (Å²) >= 11 is 0. The number of carbonyl (C=O) groups excluding carboxylic acids is 1. The Hall–Kier alpha value is -4.34. The third kappa shape index (κ3) is 4.93. The maximum Gasteiger partial charge on any atom is 0.346 e. The first-order valence-electron chi connectivity index (χ1n) is 12.8. The molecular formula is C28H32N6O4. The van der Waals surface area contributed by atoms with E-state index in [0.717, 1.165) is 29.8 Å². The molecule has 4 aromatic rings. The normalized spacial score (nSPS) is 14.0. The van der Waals surface area contributed by atoms with Crippen molar-refractivity contribution in [3.63, 3.8) is 0 Å². The van der Waals surface area contributed by atoms with E-state index in [2.05, 4.69) is 10.2 Å². The average Bonchev–Trinajstić information content (AvgIpc) is 3.58. The molecule has 1 amide bonds. The molecule has 2 aromatic heterocycles. The van der Waals surface area contributed by atoms with Crippen molar-refractivity contribution in [1.29, 1.82) is 0 Å². The first-order valence-corrected chi connectivity index (χ1v) is 12.8. The molecule has 0 spiro atoms. The fraction of sp³-hybridized carbons (Fsp3) is 0.357. The topological polar surface area (TPSA) is 107 Å². The van der Waals surface area contributed by atoms with Crippen LogP contribution in [-0.2, 0) is 13.1 Å². The van der Waals surface area contributed by atoms with Gasteiger partial charge in [-0.25, -0.2) is 9.48 Å². The van der Waals surface area contributed by atoms with Gasteiger partial charge < -0.3 is 14.4 Å². The van der Waals surface area contributed by atoms with Gasteiger partial charge in [0.2, 0.25) is 0 Å². The zero-order valence-electron chi connectivity index (χ0n) is 21.9. The molecule has 0 radical (unpaired) electrons. The number of benzene rings is 2. The number of piperidine rings is 1. The molecule has 0 atom stereocenters. The van der Waals surface area contributed by atoms with E-state index in [1.807, 2.05) is 60.4 Å². The SMILES string of the molecule is CCn1c(C2CCN(C(=O)c3cc(-c4cc(OC)ccc4OC)n[nH]3)CC2)nn(Cc2ccccc2)c1=O. The lowest BCUT2D eigenvalue weighted by atomic mass is 9.95. The second kappa shape index (κ2) is 11.0. The number of hydrogen-bond acceptors (Lipinski definition) is 6. The summed E-state index contributed by atoms with van der Waals surface area (Å²) < 4.78 is 14.1. The lowest BCUT2D eigenvalue weighted by molar-refractivity contribution is 0.0704. The van der Waals surface area contributed by atoms with Crippen molar-refractivity contribution < 1.29 is 14.3 Å².